The molecule has 2 rings (SSSR count). The van der Waals surface area contributed by atoms with Crippen LogP contribution in [-0.4, -0.2) is 6.04 Å². The van der Waals surface area contributed by atoms with Crippen molar-refractivity contribution in [2.45, 2.75) is 65.8 Å². The topological polar surface area (TPSA) is 26.0 Å². The molecule has 0 radical (unpaired) electrons. The second-order valence-electron chi connectivity index (χ2n) is 7.30. The number of aryl methyl sites for hydroxylation is 2. The van der Waals surface area contributed by atoms with Gasteiger partial charge in [-0.3, -0.25) is 0 Å². The van der Waals surface area contributed by atoms with E-state index in [1.54, 1.807) is 0 Å². The zero-order chi connectivity index (χ0) is 14.0. The minimum absolute atomic E-state index is 0.330. The third kappa shape index (κ3) is 3.82. The Morgan fingerprint density at radius 3 is 2.47 bits per heavy atom. The summed E-state index contributed by atoms with van der Waals surface area (Å²) in [7, 11) is 0. The molecule has 1 saturated carbocycles. The molecule has 1 aromatic rings. The Hall–Kier alpha value is -0.820. The Morgan fingerprint density at radius 1 is 1.21 bits per heavy atom. The molecule has 1 aliphatic carbocycles. The highest BCUT2D eigenvalue weighted by Crippen LogP contribution is 2.39. The predicted molar refractivity (Wildman–Crippen MR) is 83.3 cm³/mol. The standard InChI is InChI=1S/C18H29N/c1-13-5-6-14(2)16(11-13)12-17(19)15-7-9-18(3,4)10-8-15/h5-6,11,15,17H,7-10,12,19H2,1-4H3. The largest absolute Gasteiger partial charge is 0.327 e. The Morgan fingerprint density at radius 2 is 1.84 bits per heavy atom. The zero-order valence-electron chi connectivity index (χ0n) is 13.0. The highest BCUT2D eigenvalue weighted by molar-refractivity contribution is 5.31. The summed E-state index contributed by atoms with van der Waals surface area (Å²) in [6.07, 6.45) is 6.31. The van der Waals surface area contributed by atoms with Crippen molar-refractivity contribution in [2.75, 3.05) is 0 Å². The summed E-state index contributed by atoms with van der Waals surface area (Å²) in [5, 5.41) is 0. The highest BCUT2D eigenvalue weighted by atomic mass is 14.7. The Balaban J connectivity index is 1.98. The number of hydrogen-bond donors (Lipinski definition) is 1. The van der Waals surface area contributed by atoms with Gasteiger partial charge in [0, 0.05) is 6.04 Å². The van der Waals surface area contributed by atoms with Gasteiger partial charge in [0.25, 0.3) is 0 Å². The van der Waals surface area contributed by atoms with E-state index < -0.39 is 0 Å². The van der Waals surface area contributed by atoms with E-state index in [1.165, 1.54) is 42.4 Å². The number of rotatable bonds is 3. The lowest BCUT2D eigenvalue weighted by Gasteiger charge is -2.37. The molecule has 1 aromatic carbocycles. The van der Waals surface area contributed by atoms with Crippen LogP contribution in [0.3, 0.4) is 0 Å². The van der Waals surface area contributed by atoms with Gasteiger partial charge in [-0.05, 0) is 68.4 Å². The van der Waals surface area contributed by atoms with Crippen LogP contribution in [0.1, 0.15) is 56.2 Å². The van der Waals surface area contributed by atoms with Gasteiger partial charge in [0.1, 0.15) is 0 Å². The third-order valence-corrected chi connectivity index (χ3v) is 4.95. The van der Waals surface area contributed by atoms with Crippen LogP contribution < -0.4 is 5.73 Å². The lowest BCUT2D eigenvalue weighted by molar-refractivity contribution is 0.173. The van der Waals surface area contributed by atoms with E-state index in [0.29, 0.717) is 17.4 Å². The highest BCUT2D eigenvalue weighted by Gasteiger charge is 2.29. The minimum Gasteiger partial charge on any atom is -0.327 e. The van der Waals surface area contributed by atoms with Gasteiger partial charge in [-0.25, -0.2) is 0 Å². The molecular weight excluding hydrogens is 230 g/mol. The first-order valence-electron chi connectivity index (χ1n) is 7.69. The smallest absolute Gasteiger partial charge is 0.0108 e. The van der Waals surface area contributed by atoms with Crippen LogP contribution in [0.2, 0.25) is 0 Å². The predicted octanol–water partition coefficient (Wildman–Crippen LogP) is 4.39. The second kappa shape index (κ2) is 5.66. The van der Waals surface area contributed by atoms with Crippen LogP contribution in [-0.2, 0) is 6.42 Å². The number of hydrogen-bond acceptors (Lipinski definition) is 1. The van der Waals surface area contributed by atoms with Gasteiger partial charge in [-0.2, -0.15) is 0 Å². The molecule has 1 aliphatic rings. The molecule has 1 nitrogen and oxygen atoms in total. The number of benzene rings is 1. The quantitative estimate of drug-likeness (QED) is 0.856. The van der Waals surface area contributed by atoms with Crippen molar-refractivity contribution in [1.82, 2.24) is 0 Å². The first-order chi connectivity index (χ1) is 8.87. The Bertz CT molecular complexity index is 423. The van der Waals surface area contributed by atoms with Crippen molar-refractivity contribution in [3.05, 3.63) is 34.9 Å². The first kappa shape index (κ1) is 14.6. The van der Waals surface area contributed by atoms with Crippen molar-refractivity contribution >= 4 is 0 Å². The Labute approximate surface area is 118 Å². The molecule has 0 heterocycles. The number of nitrogens with two attached hydrogens (primary N) is 1. The lowest BCUT2D eigenvalue weighted by Crippen LogP contribution is -2.36. The summed E-state index contributed by atoms with van der Waals surface area (Å²) >= 11 is 0. The molecular formula is C18H29N. The van der Waals surface area contributed by atoms with Gasteiger partial charge in [-0.15, -0.1) is 0 Å². The summed E-state index contributed by atoms with van der Waals surface area (Å²) in [4.78, 5) is 0. The van der Waals surface area contributed by atoms with Crippen LogP contribution in [0.25, 0.3) is 0 Å². The molecule has 1 fully saturated rings. The zero-order valence-corrected chi connectivity index (χ0v) is 13.0. The maximum atomic E-state index is 6.49. The van der Waals surface area contributed by atoms with Crippen LogP contribution in [0, 0.1) is 25.2 Å². The maximum Gasteiger partial charge on any atom is 0.0108 e. The molecule has 0 aliphatic heterocycles. The van der Waals surface area contributed by atoms with E-state index >= 15 is 0 Å². The van der Waals surface area contributed by atoms with E-state index in [4.69, 9.17) is 5.73 Å². The van der Waals surface area contributed by atoms with Gasteiger partial charge < -0.3 is 5.73 Å². The van der Waals surface area contributed by atoms with Gasteiger partial charge in [-0.1, -0.05) is 37.6 Å². The van der Waals surface area contributed by atoms with Crippen LogP contribution >= 0.6 is 0 Å². The van der Waals surface area contributed by atoms with E-state index in [0.717, 1.165) is 6.42 Å². The Kier molecular flexibility index (Phi) is 4.35. The fourth-order valence-corrected chi connectivity index (χ4v) is 3.29. The molecule has 0 spiro atoms. The third-order valence-electron chi connectivity index (χ3n) is 4.95. The summed E-state index contributed by atoms with van der Waals surface area (Å²) < 4.78 is 0. The van der Waals surface area contributed by atoms with Crippen LogP contribution in [0.4, 0.5) is 0 Å². The van der Waals surface area contributed by atoms with Crippen LogP contribution in [0.5, 0.6) is 0 Å². The van der Waals surface area contributed by atoms with Crippen molar-refractivity contribution in [1.29, 1.82) is 0 Å². The lowest BCUT2D eigenvalue weighted by atomic mass is 9.70. The first-order valence-corrected chi connectivity index (χ1v) is 7.69. The fraction of sp³-hybridized carbons (Fsp3) is 0.667. The summed E-state index contributed by atoms with van der Waals surface area (Å²) in [5.74, 6) is 0.716. The molecule has 2 N–H and O–H groups in total. The molecule has 1 atom stereocenters. The van der Waals surface area contributed by atoms with E-state index in [2.05, 4.69) is 45.9 Å². The van der Waals surface area contributed by atoms with Crippen molar-refractivity contribution in [3.63, 3.8) is 0 Å². The average molecular weight is 259 g/mol. The maximum absolute atomic E-state index is 6.49. The molecule has 19 heavy (non-hydrogen) atoms. The van der Waals surface area contributed by atoms with E-state index in [-0.39, 0.29) is 0 Å². The monoisotopic (exact) mass is 259 g/mol. The molecule has 1 unspecified atom stereocenters. The van der Waals surface area contributed by atoms with Crippen LogP contribution in [0.15, 0.2) is 18.2 Å². The minimum atomic E-state index is 0.330. The molecule has 1 heteroatoms. The van der Waals surface area contributed by atoms with E-state index in [1.807, 2.05) is 0 Å². The summed E-state index contributed by atoms with van der Waals surface area (Å²) in [5.41, 5.74) is 11.2. The molecule has 0 bridgehead atoms. The average Bonchev–Trinajstić information content (AvgIpc) is 2.33. The molecule has 0 amide bonds. The van der Waals surface area contributed by atoms with Gasteiger partial charge in [0.15, 0.2) is 0 Å². The normalized spacial score (nSPS) is 21.3. The molecule has 106 valence electrons. The van der Waals surface area contributed by atoms with Crippen molar-refractivity contribution in [3.8, 4) is 0 Å². The molecule has 0 saturated heterocycles. The second-order valence-corrected chi connectivity index (χ2v) is 7.30. The van der Waals surface area contributed by atoms with Gasteiger partial charge in [0.2, 0.25) is 0 Å². The van der Waals surface area contributed by atoms with E-state index in [9.17, 15) is 0 Å². The van der Waals surface area contributed by atoms with Gasteiger partial charge >= 0.3 is 0 Å². The van der Waals surface area contributed by atoms with Gasteiger partial charge in [0.05, 0.1) is 0 Å². The summed E-state index contributed by atoms with van der Waals surface area (Å²) in [6.45, 7) is 9.14. The van der Waals surface area contributed by atoms with Crippen molar-refractivity contribution < 1.29 is 0 Å². The van der Waals surface area contributed by atoms with Crippen molar-refractivity contribution in [2.24, 2.45) is 17.1 Å². The summed E-state index contributed by atoms with van der Waals surface area (Å²) in [6, 6.07) is 7.05. The SMILES string of the molecule is Cc1ccc(C)c(CC(N)C2CCC(C)(C)CC2)c1. The molecule has 0 aromatic heterocycles. The fourth-order valence-electron chi connectivity index (χ4n) is 3.29.